The van der Waals surface area contributed by atoms with E-state index in [0.29, 0.717) is 0 Å². The summed E-state index contributed by atoms with van der Waals surface area (Å²) in [5.41, 5.74) is 2.63. The third-order valence-electron chi connectivity index (χ3n) is 5.92. The minimum atomic E-state index is 0.763. The highest BCUT2D eigenvalue weighted by Gasteiger charge is 2.30. The molecule has 0 spiro atoms. The van der Waals surface area contributed by atoms with Gasteiger partial charge in [-0.3, -0.25) is 0 Å². The molecule has 4 heteroatoms. The molecule has 136 valence electrons. The van der Waals surface area contributed by atoms with Crippen LogP contribution in [-0.2, 0) is 6.42 Å². The summed E-state index contributed by atoms with van der Waals surface area (Å²) < 4.78 is 5.41. The Bertz CT molecular complexity index is 666. The van der Waals surface area contributed by atoms with E-state index in [4.69, 9.17) is 4.98 Å². The largest absolute Gasteiger partial charge is 0.238 e. The van der Waals surface area contributed by atoms with Gasteiger partial charge < -0.3 is 0 Å². The molecular formula is C21H30N2S2. The molecule has 0 atom stereocenters. The van der Waals surface area contributed by atoms with Gasteiger partial charge in [-0.25, -0.2) is 9.29 Å². The van der Waals surface area contributed by atoms with Crippen molar-refractivity contribution >= 4 is 33.5 Å². The summed E-state index contributed by atoms with van der Waals surface area (Å²) in [4.78, 5) is 5.05. The second kappa shape index (κ2) is 8.41. The van der Waals surface area contributed by atoms with Crippen LogP contribution >= 0.6 is 23.3 Å². The molecule has 2 aliphatic carbocycles. The van der Waals surface area contributed by atoms with E-state index in [1.54, 1.807) is 0 Å². The fraction of sp³-hybridized carbons (Fsp3) is 0.667. The lowest BCUT2D eigenvalue weighted by atomic mass is 9.91. The van der Waals surface area contributed by atoms with Crippen molar-refractivity contribution in [2.24, 2.45) is 0 Å². The standard InChI is InChI=1S/C21H30N2S2/c1-2-16-10-9-15-19-20(16)22-21(24-19)25-23(17-11-5-3-6-12-17)18-13-7-4-8-14-18/h9-10,15,17-18H,2-8,11-14H2,1H3. The quantitative estimate of drug-likeness (QED) is 0.533. The number of aromatic nitrogens is 1. The Balaban J connectivity index is 1.58. The molecule has 0 radical (unpaired) electrons. The number of hydrogen-bond acceptors (Lipinski definition) is 4. The normalized spacial score (nSPS) is 20.6. The lowest BCUT2D eigenvalue weighted by Crippen LogP contribution is -2.40. The van der Waals surface area contributed by atoms with Crippen LogP contribution in [-0.4, -0.2) is 21.4 Å². The van der Waals surface area contributed by atoms with Crippen LogP contribution in [0.5, 0.6) is 0 Å². The molecule has 25 heavy (non-hydrogen) atoms. The molecule has 2 nitrogen and oxygen atoms in total. The highest BCUT2D eigenvalue weighted by molar-refractivity contribution is 7.99. The van der Waals surface area contributed by atoms with Crippen molar-refractivity contribution in [2.75, 3.05) is 0 Å². The number of aryl methyl sites for hydroxylation is 1. The Labute approximate surface area is 160 Å². The van der Waals surface area contributed by atoms with Crippen LogP contribution in [0.25, 0.3) is 10.2 Å². The topological polar surface area (TPSA) is 16.1 Å². The van der Waals surface area contributed by atoms with Gasteiger partial charge in [0.1, 0.15) is 0 Å². The van der Waals surface area contributed by atoms with Gasteiger partial charge in [0.25, 0.3) is 0 Å². The van der Waals surface area contributed by atoms with Gasteiger partial charge in [-0.1, -0.05) is 57.6 Å². The number of nitrogens with zero attached hydrogens (tertiary/aromatic N) is 2. The van der Waals surface area contributed by atoms with Gasteiger partial charge in [-0.05, 0) is 55.7 Å². The predicted octanol–water partition coefficient (Wildman–Crippen LogP) is 6.83. The summed E-state index contributed by atoms with van der Waals surface area (Å²) >= 11 is 3.88. The first-order chi connectivity index (χ1) is 12.3. The summed E-state index contributed by atoms with van der Waals surface area (Å²) in [7, 11) is 0. The third kappa shape index (κ3) is 4.06. The molecule has 0 aliphatic heterocycles. The lowest BCUT2D eigenvalue weighted by Gasteiger charge is -2.40. The first-order valence-electron chi connectivity index (χ1n) is 10.2. The van der Waals surface area contributed by atoms with E-state index < -0.39 is 0 Å². The van der Waals surface area contributed by atoms with Crippen LogP contribution in [0.1, 0.15) is 76.7 Å². The molecular weight excluding hydrogens is 344 g/mol. The smallest absolute Gasteiger partial charge is 0.166 e. The Hall–Kier alpha value is -0.580. The fourth-order valence-electron chi connectivity index (χ4n) is 4.52. The van der Waals surface area contributed by atoms with E-state index in [2.05, 4.69) is 29.4 Å². The molecule has 0 amide bonds. The monoisotopic (exact) mass is 374 g/mol. The molecule has 2 aliphatic rings. The summed E-state index contributed by atoms with van der Waals surface area (Å²) in [5, 5.41) is 0. The Kier molecular flexibility index (Phi) is 5.99. The fourth-order valence-corrected chi connectivity index (χ4v) is 6.97. The van der Waals surface area contributed by atoms with E-state index in [1.165, 1.54) is 84.3 Å². The van der Waals surface area contributed by atoms with Gasteiger partial charge >= 0.3 is 0 Å². The van der Waals surface area contributed by atoms with Crippen molar-refractivity contribution in [1.82, 2.24) is 9.29 Å². The maximum Gasteiger partial charge on any atom is 0.166 e. The molecule has 1 aromatic carbocycles. The van der Waals surface area contributed by atoms with Crippen LogP contribution < -0.4 is 0 Å². The molecule has 1 aromatic heterocycles. The van der Waals surface area contributed by atoms with Gasteiger partial charge in [0, 0.05) is 12.1 Å². The van der Waals surface area contributed by atoms with Crippen LogP contribution in [0.15, 0.2) is 22.5 Å². The van der Waals surface area contributed by atoms with Gasteiger partial charge in [0.2, 0.25) is 0 Å². The number of benzene rings is 1. The SMILES string of the molecule is CCc1cccc2sc(SN(C3CCCCC3)C3CCCCC3)nc12. The van der Waals surface area contributed by atoms with Crippen molar-refractivity contribution in [3.05, 3.63) is 23.8 Å². The number of para-hydroxylation sites is 1. The van der Waals surface area contributed by atoms with Gasteiger partial charge in [0.15, 0.2) is 4.34 Å². The minimum Gasteiger partial charge on any atom is -0.238 e. The average molecular weight is 375 g/mol. The molecule has 2 aromatic rings. The van der Waals surface area contributed by atoms with Crippen LogP contribution in [0, 0.1) is 0 Å². The second-order valence-corrected chi connectivity index (χ2v) is 9.91. The zero-order valence-corrected chi connectivity index (χ0v) is 17.0. The highest BCUT2D eigenvalue weighted by atomic mass is 32.2. The highest BCUT2D eigenvalue weighted by Crippen LogP contribution is 2.40. The Morgan fingerprint density at radius 1 is 1.00 bits per heavy atom. The number of fused-ring (bicyclic) bond motifs is 1. The number of rotatable bonds is 5. The molecule has 4 rings (SSSR count). The molecule has 0 bridgehead atoms. The summed E-state index contributed by atoms with van der Waals surface area (Å²) in [6, 6.07) is 8.19. The van der Waals surface area contributed by atoms with E-state index in [1.807, 2.05) is 23.3 Å². The number of thiazole rings is 1. The Morgan fingerprint density at radius 3 is 2.24 bits per heavy atom. The van der Waals surface area contributed by atoms with Crippen LogP contribution in [0.4, 0.5) is 0 Å². The molecule has 0 N–H and O–H groups in total. The van der Waals surface area contributed by atoms with E-state index in [9.17, 15) is 0 Å². The maximum atomic E-state index is 5.05. The minimum absolute atomic E-state index is 0.763. The van der Waals surface area contributed by atoms with Gasteiger partial charge in [-0.15, -0.1) is 11.3 Å². The molecule has 0 saturated heterocycles. The van der Waals surface area contributed by atoms with Crippen LogP contribution in [0.2, 0.25) is 0 Å². The van der Waals surface area contributed by atoms with Crippen molar-refractivity contribution < 1.29 is 0 Å². The van der Waals surface area contributed by atoms with Crippen molar-refractivity contribution in [2.45, 2.75) is 94.0 Å². The summed E-state index contributed by atoms with van der Waals surface area (Å²) in [6.07, 6.45) is 15.1. The third-order valence-corrected chi connectivity index (χ3v) is 8.26. The second-order valence-electron chi connectivity index (χ2n) is 7.63. The summed E-state index contributed by atoms with van der Waals surface area (Å²) in [5.74, 6) is 0. The van der Waals surface area contributed by atoms with E-state index >= 15 is 0 Å². The average Bonchev–Trinajstić information content (AvgIpc) is 3.10. The van der Waals surface area contributed by atoms with Gasteiger partial charge in [0.05, 0.1) is 10.2 Å². The molecule has 2 fully saturated rings. The zero-order valence-electron chi connectivity index (χ0n) is 15.4. The molecule has 1 heterocycles. The van der Waals surface area contributed by atoms with E-state index in [0.717, 1.165) is 18.5 Å². The van der Waals surface area contributed by atoms with Crippen LogP contribution in [0.3, 0.4) is 0 Å². The van der Waals surface area contributed by atoms with E-state index in [-0.39, 0.29) is 0 Å². The maximum absolute atomic E-state index is 5.05. The lowest BCUT2D eigenvalue weighted by molar-refractivity contribution is 0.185. The molecule has 2 saturated carbocycles. The van der Waals surface area contributed by atoms with Crippen molar-refractivity contribution in [1.29, 1.82) is 0 Å². The van der Waals surface area contributed by atoms with Gasteiger partial charge in [-0.2, -0.15) is 0 Å². The first-order valence-corrected chi connectivity index (χ1v) is 11.8. The summed E-state index contributed by atoms with van der Waals surface area (Å²) in [6.45, 7) is 2.23. The Morgan fingerprint density at radius 2 is 1.64 bits per heavy atom. The number of hydrogen-bond donors (Lipinski definition) is 0. The predicted molar refractivity (Wildman–Crippen MR) is 110 cm³/mol. The van der Waals surface area contributed by atoms with Crippen molar-refractivity contribution in [3.8, 4) is 0 Å². The first kappa shape index (κ1) is 17.8. The molecule has 0 unspecified atom stereocenters. The zero-order chi connectivity index (χ0) is 17.1. The van der Waals surface area contributed by atoms with Crippen molar-refractivity contribution in [3.63, 3.8) is 0 Å².